The van der Waals surface area contributed by atoms with Gasteiger partial charge in [-0.05, 0) is 49.9 Å². The van der Waals surface area contributed by atoms with Crippen LogP contribution in [0.5, 0.6) is 0 Å². The van der Waals surface area contributed by atoms with Crippen LogP contribution >= 0.6 is 0 Å². The van der Waals surface area contributed by atoms with Crippen molar-refractivity contribution in [2.24, 2.45) is 23.7 Å². The third-order valence-electron chi connectivity index (χ3n) is 6.19. The van der Waals surface area contributed by atoms with E-state index in [0.29, 0.717) is 31.3 Å². The van der Waals surface area contributed by atoms with Gasteiger partial charge >= 0.3 is 5.97 Å². The predicted octanol–water partition coefficient (Wildman–Crippen LogP) is 5.31. The van der Waals surface area contributed by atoms with Gasteiger partial charge in [-0.15, -0.1) is 0 Å². The van der Waals surface area contributed by atoms with Crippen LogP contribution in [0.1, 0.15) is 90.9 Å². The summed E-state index contributed by atoms with van der Waals surface area (Å²) in [6.07, 6.45) is 13.9. The zero-order valence-corrected chi connectivity index (χ0v) is 15.7. The quantitative estimate of drug-likeness (QED) is 0.343. The van der Waals surface area contributed by atoms with Crippen molar-refractivity contribution in [2.75, 3.05) is 6.61 Å². The van der Waals surface area contributed by atoms with Crippen molar-refractivity contribution in [1.82, 2.24) is 0 Å². The number of ether oxygens (including phenoxy) is 1. The Morgan fingerprint density at radius 3 is 2.29 bits per heavy atom. The molecule has 2 aliphatic rings. The molecule has 0 saturated heterocycles. The molecule has 2 aliphatic carbocycles. The van der Waals surface area contributed by atoms with Gasteiger partial charge in [0.05, 0.1) is 6.61 Å². The monoisotopic (exact) mass is 336 g/mol. The molecule has 0 N–H and O–H groups in total. The van der Waals surface area contributed by atoms with Crippen molar-refractivity contribution >= 4 is 11.8 Å². The number of unbranched alkanes of at least 4 members (excludes halogenated alkanes) is 2. The summed E-state index contributed by atoms with van der Waals surface area (Å²) >= 11 is 0. The summed E-state index contributed by atoms with van der Waals surface area (Å²) in [6.45, 7) is 4.68. The van der Waals surface area contributed by atoms with E-state index in [0.717, 1.165) is 18.8 Å². The minimum Gasteiger partial charge on any atom is -0.465 e. The second-order valence-electron chi connectivity index (χ2n) is 8.00. The first-order valence-corrected chi connectivity index (χ1v) is 10.3. The highest BCUT2D eigenvalue weighted by atomic mass is 16.5. The van der Waals surface area contributed by atoms with Gasteiger partial charge in [-0.25, -0.2) is 0 Å². The maximum Gasteiger partial charge on any atom is 0.316 e. The fourth-order valence-corrected chi connectivity index (χ4v) is 4.63. The fourth-order valence-electron chi connectivity index (χ4n) is 4.63. The molecule has 0 aromatic heterocycles. The first-order valence-electron chi connectivity index (χ1n) is 10.3. The molecule has 2 atom stereocenters. The highest BCUT2D eigenvalue weighted by Gasteiger charge is 2.38. The van der Waals surface area contributed by atoms with E-state index in [2.05, 4.69) is 6.92 Å². The molecule has 2 fully saturated rings. The van der Waals surface area contributed by atoms with Gasteiger partial charge in [0.1, 0.15) is 11.7 Å². The Morgan fingerprint density at radius 2 is 1.67 bits per heavy atom. The Labute approximate surface area is 147 Å². The van der Waals surface area contributed by atoms with Crippen LogP contribution in [0.3, 0.4) is 0 Å². The molecule has 138 valence electrons. The molecule has 0 aliphatic heterocycles. The van der Waals surface area contributed by atoms with Crippen LogP contribution in [0, 0.1) is 23.7 Å². The van der Waals surface area contributed by atoms with Crippen molar-refractivity contribution in [3.05, 3.63) is 0 Å². The van der Waals surface area contributed by atoms with Crippen LogP contribution in [-0.4, -0.2) is 18.4 Å². The van der Waals surface area contributed by atoms with Gasteiger partial charge in [0.25, 0.3) is 0 Å². The van der Waals surface area contributed by atoms with Crippen LogP contribution in [-0.2, 0) is 14.3 Å². The lowest BCUT2D eigenvalue weighted by molar-refractivity contribution is -0.154. The summed E-state index contributed by atoms with van der Waals surface area (Å²) in [4.78, 5) is 24.4. The first-order chi connectivity index (χ1) is 11.7. The Bertz CT molecular complexity index is 396. The van der Waals surface area contributed by atoms with Crippen LogP contribution in [0.2, 0.25) is 0 Å². The van der Waals surface area contributed by atoms with E-state index >= 15 is 0 Å². The number of carbonyl (C=O) groups excluding carboxylic acids is 2. The topological polar surface area (TPSA) is 43.4 Å². The third kappa shape index (κ3) is 5.60. The lowest BCUT2D eigenvalue weighted by atomic mass is 9.68. The van der Waals surface area contributed by atoms with E-state index in [4.69, 9.17) is 4.74 Å². The smallest absolute Gasteiger partial charge is 0.316 e. The third-order valence-corrected chi connectivity index (χ3v) is 6.19. The van der Waals surface area contributed by atoms with E-state index in [1.807, 2.05) is 6.92 Å². The summed E-state index contributed by atoms with van der Waals surface area (Å²) in [7, 11) is 0. The molecule has 3 nitrogen and oxygen atoms in total. The Balaban J connectivity index is 1.72. The molecule has 0 radical (unpaired) electrons. The van der Waals surface area contributed by atoms with E-state index < -0.39 is 5.92 Å². The van der Waals surface area contributed by atoms with Gasteiger partial charge in [-0.3, -0.25) is 9.59 Å². The number of carbonyl (C=O) groups is 2. The molecule has 0 heterocycles. The van der Waals surface area contributed by atoms with Gasteiger partial charge in [-0.1, -0.05) is 52.4 Å². The summed E-state index contributed by atoms with van der Waals surface area (Å²) in [6, 6.07) is 0. The highest BCUT2D eigenvalue weighted by molar-refractivity contribution is 5.99. The van der Waals surface area contributed by atoms with Crippen LogP contribution < -0.4 is 0 Å². The molecule has 0 spiro atoms. The van der Waals surface area contributed by atoms with E-state index in [9.17, 15) is 9.59 Å². The van der Waals surface area contributed by atoms with Gasteiger partial charge in [0, 0.05) is 6.42 Å². The van der Waals surface area contributed by atoms with Crippen molar-refractivity contribution in [3.8, 4) is 0 Å². The largest absolute Gasteiger partial charge is 0.465 e. The molecule has 2 rings (SSSR count). The number of Topliss-reactive ketones (excluding diaryl/α,β-unsaturated/α-hetero) is 1. The van der Waals surface area contributed by atoms with Crippen molar-refractivity contribution in [3.63, 3.8) is 0 Å². The summed E-state index contributed by atoms with van der Waals surface area (Å²) in [5.74, 6) is 1.53. The number of esters is 1. The zero-order valence-electron chi connectivity index (χ0n) is 15.7. The van der Waals surface area contributed by atoms with Crippen LogP contribution in [0.4, 0.5) is 0 Å². The van der Waals surface area contributed by atoms with Gasteiger partial charge in [0.2, 0.25) is 0 Å². The average Bonchev–Trinajstić information content (AvgIpc) is 2.60. The Morgan fingerprint density at radius 1 is 0.958 bits per heavy atom. The molecular formula is C21H36O3. The molecule has 3 heteroatoms. The van der Waals surface area contributed by atoms with E-state index in [1.54, 1.807) is 0 Å². The van der Waals surface area contributed by atoms with Gasteiger partial charge in [-0.2, -0.15) is 0 Å². The van der Waals surface area contributed by atoms with Crippen molar-refractivity contribution in [2.45, 2.75) is 90.9 Å². The standard InChI is InChI=1S/C21H36O3/c1-3-5-6-7-16-8-10-17(11-9-16)18-12-13-19(20(22)15-18)21(23)24-14-4-2/h16-19H,3-15H2,1-2H3/t16?,17?,18-,19-/m1/s1. The molecular weight excluding hydrogens is 300 g/mol. The number of rotatable bonds is 8. The predicted molar refractivity (Wildman–Crippen MR) is 96.7 cm³/mol. The minimum absolute atomic E-state index is 0.137. The van der Waals surface area contributed by atoms with Crippen LogP contribution in [0.25, 0.3) is 0 Å². The van der Waals surface area contributed by atoms with Gasteiger partial charge in [0.15, 0.2) is 0 Å². The van der Waals surface area contributed by atoms with Gasteiger partial charge < -0.3 is 4.74 Å². The maximum absolute atomic E-state index is 12.4. The summed E-state index contributed by atoms with van der Waals surface area (Å²) < 4.78 is 5.18. The van der Waals surface area contributed by atoms with Crippen molar-refractivity contribution in [1.29, 1.82) is 0 Å². The number of hydrogen-bond donors (Lipinski definition) is 0. The van der Waals surface area contributed by atoms with E-state index in [-0.39, 0.29) is 11.8 Å². The molecule has 0 bridgehead atoms. The van der Waals surface area contributed by atoms with Crippen LogP contribution in [0.15, 0.2) is 0 Å². The fraction of sp³-hybridized carbons (Fsp3) is 0.905. The summed E-state index contributed by atoms with van der Waals surface area (Å²) in [5.41, 5.74) is 0. The lowest BCUT2D eigenvalue weighted by Gasteiger charge is -2.36. The van der Waals surface area contributed by atoms with Crippen molar-refractivity contribution < 1.29 is 14.3 Å². The maximum atomic E-state index is 12.4. The first kappa shape index (κ1) is 19.5. The lowest BCUT2D eigenvalue weighted by Crippen LogP contribution is -2.35. The Kier molecular flexibility index (Phi) is 8.28. The summed E-state index contributed by atoms with van der Waals surface area (Å²) in [5, 5.41) is 0. The van der Waals surface area contributed by atoms with E-state index in [1.165, 1.54) is 51.4 Å². The average molecular weight is 337 g/mol. The molecule has 0 aromatic carbocycles. The minimum atomic E-state index is -0.474. The molecule has 0 unspecified atom stereocenters. The molecule has 24 heavy (non-hydrogen) atoms. The highest BCUT2D eigenvalue weighted by Crippen LogP contribution is 2.41. The zero-order chi connectivity index (χ0) is 17.4. The molecule has 2 saturated carbocycles. The molecule has 0 aromatic rings. The SMILES string of the molecule is CCCCCC1CCC([C@@H]2CC[C@@H](C(=O)OCCC)C(=O)C2)CC1. The Hall–Kier alpha value is -0.860. The number of hydrogen-bond acceptors (Lipinski definition) is 3. The second-order valence-corrected chi connectivity index (χ2v) is 8.00. The number of ketones is 1. The normalized spacial score (nSPS) is 31.0. The molecule has 0 amide bonds. The second kappa shape index (κ2) is 10.2.